The SMILES string of the molecule is CCCCCCCCCCCCCCCCCCC(=O)OC[C@H](COP(=O)(O)OC[C@@H](O)COP(=O)(O)OC[C@@H](COC(=O)CCCCCCCCCCCC)OC(=O)CCCCCCCCCCCCCCC)OC(=O)CCCCCCCCCCCCCCCC(C)C. The van der Waals surface area contributed by atoms with E-state index in [-0.39, 0.29) is 25.7 Å². The van der Waals surface area contributed by atoms with Crippen molar-refractivity contribution >= 4 is 39.5 Å². The van der Waals surface area contributed by atoms with Crippen LogP contribution in [0, 0.1) is 5.92 Å². The van der Waals surface area contributed by atoms with Gasteiger partial charge in [0.05, 0.1) is 26.4 Å². The van der Waals surface area contributed by atoms with Gasteiger partial charge in [-0.2, -0.15) is 0 Å². The molecule has 0 aromatic heterocycles. The third kappa shape index (κ3) is 70.3. The van der Waals surface area contributed by atoms with Gasteiger partial charge in [-0.05, 0) is 31.6 Å². The second-order valence-electron chi connectivity index (χ2n) is 27.9. The lowest BCUT2D eigenvalue weighted by atomic mass is 10.0. The van der Waals surface area contributed by atoms with Crippen LogP contribution in [-0.4, -0.2) is 96.7 Å². The molecule has 0 aliphatic carbocycles. The van der Waals surface area contributed by atoms with Crippen LogP contribution in [0.3, 0.4) is 0 Å². The quantitative estimate of drug-likeness (QED) is 0.0222. The summed E-state index contributed by atoms with van der Waals surface area (Å²) in [5.41, 5.74) is 0. The van der Waals surface area contributed by atoms with E-state index in [1.807, 2.05) is 0 Å². The maximum Gasteiger partial charge on any atom is 0.472 e. The summed E-state index contributed by atoms with van der Waals surface area (Å²) in [6.07, 6.45) is 58.1. The van der Waals surface area contributed by atoms with E-state index in [0.29, 0.717) is 25.7 Å². The van der Waals surface area contributed by atoms with Gasteiger partial charge in [0.1, 0.15) is 19.3 Å². The van der Waals surface area contributed by atoms with Crippen molar-refractivity contribution in [3.05, 3.63) is 0 Å². The van der Waals surface area contributed by atoms with E-state index >= 15 is 0 Å². The molecule has 0 aromatic rings. The second kappa shape index (κ2) is 69.2. The maximum atomic E-state index is 13.1. The Morgan fingerprint density at radius 3 is 0.716 bits per heavy atom. The van der Waals surface area contributed by atoms with Gasteiger partial charge >= 0.3 is 39.5 Å². The number of aliphatic hydroxyl groups is 1. The highest BCUT2D eigenvalue weighted by Crippen LogP contribution is 2.45. The van der Waals surface area contributed by atoms with Gasteiger partial charge < -0.3 is 33.8 Å². The molecule has 3 N–H and O–H groups in total. The zero-order valence-electron chi connectivity index (χ0n) is 61.8. The molecule has 2 unspecified atom stereocenters. The zero-order chi connectivity index (χ0) is 69.8. The fraction of sp³-hybridized carbons (Fsp3) is 0.947. The van der Waals surface area contributed by atoms with Crippen molar-refractivity contribution < 1.29 is 80.2 Å². The van der Waals surface area contributed by atoms with Gasteiger partial charge in [-0.1, -0.05) is 349 Å². The summed E-state index contributed by atoms with van der Waals surface area (Å²) in [6, 6.07) is 0. The first-order chi connectivity index (χ1) is 46.0. The number of hydrogen-bond donors (Lipinski definition) is 3. The van der Waals surface area contributed by atoms with Crippen molar-refractivity contribution in [1.29, 1.82) is 0 Å². The molecule has 0 heterocycles. The molecular weight excluding hydrogens is 1250 g/mol. The molecule has 564 valence electrons. The first kappa shape index (κ1) is 93.1. The molecule has 0 bridgehead atoms. The number of unbranched alkanes of at least 4 members (excludes halogenated alkanes) is 48. The van der Waals surface area contributed by atoms with Crippen molar-refractivity contribution in [3.63, 3.8) is 0 Å². The van der Waals surface area contributed by atoms with Crippen LogP contribution >= 0.6 is 15.6 Å². The minimum absolute atomic E-state index is 0.108. The monoisotopic (exact) mass is 1400 g/mol. The predicted octanol–water partition coefficient (Wildman–Crippen LogP) is 22.5. The highest BCUT2D eigenvalue weighted by molar-refractivity contribution is 7.47. The fourth-order valence-corrected chi connectivity index (χ4v) is 13.3. The zero-order valence-corrected chi connectivity index (χ0v) is 63.6. The van der Waals surface area contributed by atoms with Crippen LogP contribution in [-0.2, 0) is 65.4 Å². The molecule has 0 radical (unpaired) electrons. The Bertz CT molecular complexity index is 1820. The minimum atomic E-state index is -4.96. The van der Waals surface area contributed by atoms with E-state index in [4.69, 9.17) is 37.0 Å². The Labute approximate surface area is 581 Å². The molecule has 19 heteroatoms. The third-order valence-electron chi connectivity index (χ3n) is 17.8. The molecule has 0 saturated carbocycles. The van der Waals surface area contributed by atoms with E-state index < -0.39 is 97.5 Å². The number of aliphatic hydroxyl groups excluding tert-OH is 1. The number of rotatable bonds is 76. The van der Waals surface area contributed by atoms with Gasteiger partial charge in [0.15, 0.2) is 12.2 Å². The summed E-state index contributed by atoms with van der Waals surface area (Å²) in [4.78, 5) is 72.8. The number of carbonyl (C=O) groups is 4. The van der Waals surface area contributed by atoms with Crippen LogP contribution in [0.15, 0.2) is 0 Å². The minimum Gasteiger partial charge on any atom is -0.462 e. The Morgan fingerprint density at radius 1 is 0.284 bits per heavy atom. The number of carbonyl (C=O) groups excluding carboxylic acids is 4. The van der Waals surface area contributed by atoms with Crippen LogP contribution in [0.1, 0.15) is 401 Å². The fourth-order valence-electron chi connectivity index (χ4n) is 11.7. The van der Waals surface area contributed by atoms with Crippen LogP contribution < -0.4 is 0 Å². The van der Waals surface area contributed by atoms with Gasteiger partial charge in [-0.15, -0.1) is 0 Å². The molecule has 0 rings (SSSR count). The Morgan fingerprint density at radius 2 is 0.484 bits per heavy atom. The van der Waals surface area contributed by atoms with Crippen molar-refractivity contribution in [1.82, 2.24) is 0 Å². The molecule has 0 aliphatic rings. The summed E-state index contributed by atoms with van der Waals surface area (Å²) >= 11 is 0. The Kier molecular flexibility index (Phi) is 67.7. The standard InChI is InChI=1S/C76H148O17P2/c1-6-9-12-15-18-21-24-26-27-28-32-35-40-45-50-55-60-74(79)87-66-72(93-76(81)62-57-52-47-42-37-33-29-31-34-38-43-48-53-58-69(4)5)68-91-95(84,85)89-64-70(77)63-88-94(82,83)90-67-71(65-86-73(78)59-54-49-44-39-23-20-17-14-11-8-3)92-75(80)61-56-51-46-41-36-30-25-22-19-16-13-10-7-2/h69-72,77H,6-68H2,1-5H3,(H,82,83)(H,84,85)/t70-,71+,72+/m0/s1. The third-order valence-corrected chi connectivity index (χ3v) is 19.7. The van der Waals surface area contributed by atoms with Gasteiger partial charge in [0, 0.05) is 25.7 Å². The van der Waals surface area contributed by atoms with Crippen LogP contribution in [0.2, 0.25) is 0 Å². The molecule has 95 heavy (non-hydrogen) atoms. The van der Waals surface area contributed by atoms with Crippen molar-refractivity contribution in [3.8, 4) is 0 Å². The van der Waals surface area contributed by atoms with E-state index in [1.165, 1.54) is 225 Å². The lowest BCUT2D eigenvalue weighted by Gasteiger charge is -2.21. The van der Waals surface area contributed by atoms with Gasteiger partial charge in [0.25, 0.3) is 0 Å². The number of phosphoric acid groups is 2. The van der Waals surface area contributed by atoms with Crippen molar-refractivity contribution in [2.75, 3.05) is 39.6 Å². The lowest BCUT2D eigenvalue weighted by molar-refractivity contribution is -0.161. The number of phosphoric ester groups is 2. The van der Waals surface area contributed by atoms with Gasteiger partial charge in [0.2, 0.25) is 0 Å². The molecule has 0 spiro atoms. The topological polar surface area (TPSA) is 237 Å². The van der Waals surface area contributed by atoms with E-state index in [2.05, 4.69) is 34.6 Å². The average molecular weight is 1400 g/mol. The smallest absolute Gasteiger partial charge is 0.462 e. The number of hydrogen-bond acceptors (Lipinski definition) is 15. The van der Waals surface area contributed by atoms with Crippen molar-refractivity contribution in [2.45, 2.75) is 419 Å². The highest BCUT2D eigenvalue weighted by atomic mass is 31.2. The summed E-state index contributed by atoms with van der Waals surface area (Å²) in [5, 5.41) is 10.6. The summed E-state index contributed by atoms with van der Waals surface area (Å²) < 4.78 is 68.5. The summed E-state index contributed by atoms with van der Waals surface area (Å²) in [5.74, 6) is -1.32. The first-order valence-corrected chi connectivity index (χ1v) is 42.6. The van der Waals surface area contributed by atoms with Crippen LogP contribution in [0.25, 0.3) is 0 Å². The maximum absolute atomic E-state index is 13.1. The Balaban J connectivity index is 5.24. The number of ether oxygens (including phenoxy) is 4. The average Bonchev–Trinajstić information content (AvgIpc) is 3.12. The van der Waals surface area contributed by atoms with Crippen molar-refractivity contribution in [2.24, 2.45) is 5.92 Å². The molecule has 0 fully saturated rings. The second-order valence-corrected chi connectivity index (χ2v) is 30.8. The van der Waals surface area contributed by atoms with E-state index in [1.54, 1.807) is 0 Å². The number of esters is 4. The Hall–Kier alpha value is -1.94. The molecule has 5 atom stereocenters. The molecule has 0 amide bonds. The van der Waals surface area contributed by atoms with Gasteiger partial charge in [-0.3, -0.25) is 37.3 Å². The molecular formula is C76H148O17P2. The van der Waals surface area contributed by atoms with Crippen LogP contribution in [0.4, 0.5) is 0 Å². The van der Waals surface area contributed by atoms with Crippen LogP contribution in [0.5, 0.6) is 0 Å². The van der Waals surface area contributed by atoms with E-state index in [0.717, 1.165) is 95.8 Å². The molecule has 0 aliphatic heterocycles. The molecule has 17 nitrogen and oxygen atoms in total. The molecule has 0 aromatic carbocycles. The largest absolute Gasteiger partial charge is 0.472 e. The first-order valence-electron chi connectivity index (χ1n) is 39.6. The predicted molar refractivity (Wildman–Crippen MR) is 386 cm³/mol. The van der Waals surface area contributed by atoms with E-state index in [9.17, 15) is 43.2 Å². The lowest BCUT2D eigenvalue weighted by Crippen LogP contribution is -2.30. The van der Waals surface area contributed by atoms with Gasteiger partial charge in [-0.25, -0.2) is 9.13 Å². The summed E-state index contributed by atoms with van der Waals surface area (Å²) in [6.45, 7) is 7.31. The summed E-state index contributed by atoms with van der Waals surface area (Å²) in [7, 11) is -9.91. The highest BCUT2D eigenvalue weighted by Gasteiger charge is 2.30. The normalized spacial score (nSPS) is 13.9. The molecule has 0 saturated heterocycles.